The second kappa shape index (κ2) is 3.57. The highest BCUT2D eigenvalue weighted by molar-refractivity contribution is 5.25. The fraction of sp³-hybridized carbons (Fsp3) is 0.571. The molecule has 2 atom stereocenters. The van der Waals surface area contributed by atoms with Crippen molar-refractivity contribution in [1.29, 1.82) is 0 Å². The van der Waals surface area contributed by atoms with Gasteiger partial charge in [-0.15, -0.1) is 0 Å². The summed E-state index contributed by atoms with van der Waals surface area (Å²) in [4.78, 5) is 2.63. The lowest BCUT2D eigenvalue weighted by Crippen LogP contribution is -2.40. The standard InChI is InChI=1S/C14H20N2/c1-14(2)13(11-7-4-3-5-8-11)16-10-6-9-12(16)15-14/h3-5,7-8,12-13,15H,6,9-10H2,1-2H3. The van der Waals surface area contributed by atoms with Crippen LogP contribution < -0.4 is 5.32 Å². The van der Waals surface area contributed by atoms with Crippen molar-refractivity contribution in [3.05, 3.63) is 35.9 Å². The molecule has 16 heavy (non-hydrogen) atoms. The van der Waals surface area contributed by atoms with Crippen LogP contribution in [0.25, 0.3) is 0 Å². The van der Waals surface area contributed by atoms with Gasteiger partial charge in [-0.05, 0) is 32.3 Å². The Balaban J connectivity index is 1.98. The first kappa shape index (κ1) is 10.3. The van der Waals surface area contributed by atoms with Crippen LogP contribution in [0.1, 0.15) is 38.3 Å². The van der Waals surface area contributed by atoms with Gasteiger partial charge in [-0.25, -0.2) is 0 Å². The molecular weight excluding hydrogens is 196 g/mol. The van der Waals surface area contributed by atoms with E-state index in [0.717, 1.165) is 0 Å². The van der Waals surface area contributed by atoms with Crippen molar-refractivity contribution in [3.63, 3.8) is 0 Å². The van der Waals surface area contributed by atoms with Gasteiger partial charge in [0.2, 0.25) is 0 Å². The summed E-state index contributed by atoms with van der Waals surface area (Å²) in [5, 5.41) is 3.77. The third-order valence-corrected chi connectivity index (χ3v) is 3.96. The molecule has 2 unspecified atom stereocenters. The van der Waals surface area contributed by atoms with Gasteiger partial charge in [0, 0.05) is 12.1 Å². The number of nitrogens with one attached hydrogen (secondary N) is 1. The van der Waals surface area contributed by atoms with Crippen molar-refractivity contribution >= 4 is 0 Å². The van der Waals surface area contributed by atoms with E-state index < -0.39 is 0 Å². The predicted molar refractivity (Wildman–Crippen MR) is 66.1 cm³/mol. The molecule has 0 spiro atoms. The van der Waals surface area contributed by atoms with Crippen LogP contribution in [0, 0.1) is 0 Å². The van der Waals surface area contributed by atoms with Gasteiger partial charge in [-0.3, -0.25) is 10.2 Å². The minimum Gasteiger partial charge on any atom is -0.295 e. The van der Waals surface area contributed by atoms with E-state index in [9.17, 15) is 0 Å². The van der Waals surface area contributed by atoms with Gasteiger partial charge in [-0.2, -0.15) is 0 Å². The van der Waals surface area contributed by atoms with Gasteiger partial charge in [0.1, 0.15) is 0 Å². The molecule has 1 aromatic rings. The average molecular weight is 216 g/mol. The van der Waals surface area contributed by atoms with Gasteiger partial charge >= 0.3 is 0 Å². The third-order valence-electron chi connectivity index (χ3n) is 3.96. The van der Waals surface area contributed by atoms with Crippen molar-refractivity contribution < 1.29 is 0 Å². The van der Waals surface area contributed by atoms with Crippen LogP contribution in [0.5, 0.6) is 0 Å². The zero-order valence-corrected chi connectivity index (χ0v) is 10.1. The van der Waals surface area contributed by atoms with Gasteiger partial charge in [0.25, 0.3) is 0 Å². The monoisotopic (exact) mass is 216 g/mol. The summed E-state index contributed by atoms with van der Waals surface area (Å²) in [5.41, 5.74) is 1.64. The maximum atomic E-state index is 3.77. The van der Waals surface area contributed by atoms with E-state index in [1.54, 1.807) is 0 Å². The quantitative estimate of drug-likeness (QED) is 0.776. The summed E-state index contributed by atoms with van der Waals surface area (Å²) >= 11 is 0. The van der Waals surface area contributed by atoms with Gasteiger partial charge < -0.3 is 0 Å². The fourth-order valence-electron chi connectivity index (χ4n) is 3.42. The summed E-state index contributed by atoms with van der Waals surface area (Å²) in [6, 6.07) is 11.4. The Morgan fingerprint density at radius 2 is 2.00 bits per heavy atom. The summed E-state index contributed by atoms with van der Waals surface area (Å²) in [6.07, 6.45) is 3.23. The second-order valence-electron chi connectivity index (χ2n) is 5.58. The van der Waals surface area contributed by atoms with Gasteiger partial charge in [-0.1, -0.05) is 30.3 Å². The molecule has 2 fully saturated rings. The Morgan fingerprint density at radius 1 is 1.25 bits per heavy atom. The van der Waals surface area contributed by atoms with Crippen LogP contribution in [0.4, 0.5) is 0 Å². The average Bonchev–Trinajstić information content (AvgIpc) is 2.75. The number of hydrogen-bond acceptors (Lipinski definition) is 2. The summed E-state index contributed by atoms with van der Waals surface area (Å²) in [6.45, 7) is 5.88. The second-order valence-corrected chi connectivity index (χ2v) is 5.58. The molecule has 2 heterocycles. The SMILES string of the molecule is CC1(C)NC2CCCN2C1c1ccccc1. The van der Waals surface area contributed by atoms with E-state index in [1.807, 2.05) is 0 Å². The molecule has 0 radical (unpaired) electrons. The minimum atomic E-state index is 0.187. The molecule has 2 saturated heterocycles. The Hall–Kier alpha value is -0.860. The van der Waals surface area contributed by atoms with E-state index in [4.69, 9.17) is 0 Å². The Bertz CT molecular complexity index is 372. The molecule has 0 aromatic heterocycles. The first-order valence-corrected chi connectivity index (χ1v) is 6.27. The molecule has 2 aliphatic rings. The molecule has 0 amide bonds. The van der Waals surface area contributed by atoms with E-state index in [0.29, 0.717) is 12.2 Å². The number of benzene rings is 1. The van der Waals surface area contributed by atoms with Crippen LogP contribution in [-0.4, -0.2) is 23.1 Å². The van der Waals surface area contributed by atoms with Crippen molar-refractivity contribution in [1.82, 2.24) is 10.2 Å². The number of rotatable bonds is 1. The molecule has 0 saturated carbocycles. The summed E-state index contributed by atoms with van der Waals surface area (Å²) in [7, 11) is 0. The Morgan fingerprint density at radius 3 is 2.75 bits per heavy atom. The topological polar surface area (TPSA) is 15.3 Å². The third kappa shape index (κ3) is 1.48. The van der Waals surface area contributed by atoms with E-state index in [-0.39, 0.29) is 5.54 Å². The molecule has 2 heteroatoms. The molecule has 2 aliphatic heterocycles. The zero-order valence-electron chi connectivity index (χ0n) is 10.1. The fourth-order valence-corrected chi connectivity index (χ4v) is 3.42. The van der Waals surface area contributed by atoms with Crippen molar-refractivity contribution in [3.8, 4) is 0 Å². The molecule has 1 N–H and O–H groups in total. The first-order chi connectivity index (χ1) is 7.68. The van der Waals surface area contributed by atoms with Crippen LogP contribution in [0.3, 0.4) is 0 Å². The predicted octanol–water partition coefficient (Wildman–Crippen LogP) is 2.53. The first-order valence-electron chi connectivity index (χ1n) is 6.27. The lowest BCUT2D eigenvalue weighted by atomic mass is 9.89. The van der Waals surface area contributed by atoms with Crippen LogP contribution in [-0.2, 0) is 0 Å². The van der Waals surface area contributed by atoms with E-state index in [1.165, 1.54) is 24.9 Å². The lowest BCUT2D eigenvalue weighted by Gasteiger charge is -2.31. The van der Waals surface area contributed by atoms with Crippen molar-refractivity contribution in [2.24, 2.45) is 0 Å². The highest BCUT2D eigenvalue weighted by Crippen LogP contribution is 2.42. The highest BCUT2D eigenvalue weighted by atomic mass is 15.4. The smallest absolute Gasteiger partial charge is 0.0608 e. The Labute approximate surface area is 97.6 Å². The Kier molecular flexibility index (Phi) is 2.30. The van der Waals surface area contributed by atoms with Gasteiger partial charge in [0.15, 0.2) is 0 Å². The van der Waals surface area contributed by atoms with Crippen molar-refractivity contribution in [2.45, 2.75) is 44.4 Å². The van der Waals surface area contributed by atoms with Crippen LogP contribution >= 0.6 is 0 Å². The molecule has 2 nitrogen and oxygen atoms in total. The van der Waals surface area contributed by atoms with E-state index >= 15 is 0 Å². The molecule has 86 valence electrons. The number of fused-ring (bicyclic) bond motifs is 1. The maximum absolute atomic E-state index is 3.77. The molecular formula is C14H20N2. The molecule has 3 rings (SSSR count). The van der Waals surface area contributed by atoms with Crippen LogP contribution in [0.2, 0.25) is 0 Å². The van der Waals surface area contributed by atoms with Crippen LogP contribution in [0.15, 0.2) is 30.3 Å². The van der Waals surface area contributed by atoms with Crippen molar-refractivity contribution in [2.75, 3.05) is 6.54 Å². The zero-order chi connectivity index (χ0) is 11.2. The molecule has 1 aromatic carbocycles. The lowest BCUT2D eigenvalue weighted by molar-refractivity contribution is 0.221. The summed E-state index contributed by atoms with van der Waals surface area (Å²) < 4.78 is 0. The normalized spacial score (nSPS) is 32.9. The molecule has 0 bridgehead atoms. The minimum absolute atomic E-state index is 0.187. The van der Waals surface area contributed by atoms with E-state index in [2.05, 4.69) is 54.4 Å². The summed E-state index contributed by atoms with van der Waals surface area (Å²) in [5.74, 6) is 0. The number of nitrogens with zero attached hydrogens (tertiary/aromatic N) is 1. The van der Waals surface area contributed by atoms with Gasteiger partial charge in [0.05, 0.1) is 12.2 Å². The molecule has 0 aliphatic carbocycles. The number of hydrogen-bond donors (Lipinski definition) is 1. The maximum Gasteiger partial charge on any atom is 0.0608 e. The largest absolute Gasteiger partial charge is 0.295 e. The highest BCUT2D eigenvalue weighted by Gasteiger charge is 2.48.